The number of carbonyl (C=O) groups is 1. The summed E-state index contributed by atoms with van der Waals surface area (Å²) in [6, 6.07) is 6.93. The SMILES string of the molecule is O=C(S)C(Cl)c1ccccc1Cl. The third kappa shape index (κ3) is 2.16. The maximum Gasteiger partial charge on any atom is 0.208 e. The van der Waals surface area contributed by atoms with Gasteiger partial charge in [0.25, 0.3) is 0 Å². The fourth-order valence-corrected chi connectivity index (χ4v) is 1.44. The monoisotopic (exact) mass is 220 g/mol. The Kier molecular flexibility index (Phi) is 3.44. The molecule has 0 spiro atoms. The molecule has 0 aliphatic heterocycles. The molecule has 0 N–H and O–H groups in total. The number of halogens is 2. The van der Waals surface area contributed by atoms with Crippen LogP contribution in [0.4, 0.5) is 0 Å². The fraction of sp³-hybridized carbons (Fsp3) is 0.125. The molecule has 1 atom stereocenters. The molecule has 1 rings (SSSR count). The Balaban J connectivity index is 3.02. The quantitative estimate of drug-likeness (QED) is 0.599. The molecule has 0 amide bonds. The molecule has 0 fully saturated rings. The van der Waals surface area contributed by atoms with Gasteiger partial charge in [0.15, 0.2) is 0 Å². The van der Waals surface area contributed by atoms with Crippen molar-refractivity contribution in [3.63, 3.8) is 0 Å². The van der Waals surface area contributed by atoms with Gasteiger partial charge in [0.2, 0.25) is 5.12 Å². The Morgan fingerprint density at radius 2 is 2.00 bits per heavy atom. The Morgan fingerprint density at radius 3 is 2.50 bits per heavy atom. The van der Waals surface area contributed by atoms with E-state index in [1.54, 1.807) is 24.3 Å². The Bertz CT molecular complexity index is 301. The lowest BCUT2D eigenvalue weighted by Gasteiger charge is -2.06. The fourth-order valence-electron chi connectivity index (χ4n) is 0.814. The van der Waals surface area contributed by atoms with E-state index >= 15 is 0 Å². The third-order valence-electron chi connectivity index (χ3n) is 1.40. The zero-order chi connectivity index (χ0) is 9.14. The standard InChI is InChI=1S/C8H6Cl2OS/c9-6-4-2-1-3-5(6)7(10)8(11)12/h1-4,7H,(H,11,12). The van der Waals surface area contributed by atoms with Crippen molar-refractivity contribution < 1.29 is 4.79 Å². The van der Waals surface area contributed by atoms with Gasteiger partial charge >= 0.3 is 0 Å². The highest BCUT2D eigenvalue weighted by atomic mass is 35.5. The second kappa shape index (κ2) is 4.17. The Hall–Kier alpha value is -0.180. The van der Waals surface area contributed by atoms with E-state index < -0.39 is 10.5 Å². The highest BCUT2D eigenvalue weighted by Gasteiger charge is 2.16. The van der Waals surface area contributed by atoms with E-state index in [0.717, 1.165) is 0 Å². The lowest BCUT2D eigenvalue weighted by Crippen LogP contribution is -1.99. The van der Waals surface area contributed by atoms with Crippen LogP contribution in [-0.2, 0) is 4.79 Å². The molecule has 0 radical (unpaired) electrons. The molecule has 1 aromatic carbocycles. The number of alkyl halides is 1. The molecule has 12 heavy (non-hydrogen) atoms. The summed E-state index contributed by atoms with van der Waals surface area (Å²) >= 11 is 15.2. The summed E-state index contributed by atoms with van der Waals surface area (Å²) in [5.41, 5.74) is 0.598. The van der Waals surface area contributed by atoms with Gasteiger partial charge in [0.05, 0.1) is 0 Å². The summed E-state index contributed by atoms with van der Waals surface area (Å²) in [7, 11) is 0. The number of hydrogen-bond acceptors (Lipinski definition) is 1. The number of benzene rings is 1. The molecule has 0 saturated heterocycles. The summed E-state index contributed by atoms with van der Waals surface area (Å²) in [4.78, 5) is 10.8. The van der Waals surface area contributed by atoms with Crippen molar-refractivity contribution in [3.05, 3.63) is 34.9 Å². The van der Waals surface area contributed by atoms with Crippen LogP contribution in [-0.4, -0.2) is 5.12 Å². The zero-order valence-electron chi connectivity index (χ0n) is 6.00. The van der Waals surface area contributed by atoms with Crippen molar-refractivity contribution in [3.8, 4) is 0 Å². The molecule has 1 aromatic rings. The van der Waals surface area contributed by atoms with E-state index in [1.165, 1.54) is 0 Å². The first-order valence-electron chi connectivity index (χ1n) is 3.24. The van der Waals surface area contributed by atoms with Crippen molar-refractivity contribution in [1.29, 1.82) is 0 Å². The normalized spacial score (nSPS) is 12.6. The molecule has 0 aliphatic rings. The highest BCUT2D eigenvalue weighted by molar-refractivity contribution is 7.96. The van der Waals surface area contributed by atoms with E-state index in [2.05, 4.69) is 12.6 Å². The first kappa shape index (κ1) is 9.90. The molecule has 1 nitrogen and oxygen atoms in total. The van der Waals surface area contributed by atoms with Gasteiger partial charge in [-0.05, 0) is 11.6 Å². The molecule has 0 heterocycles. The minimum absolute atomic E-state index is 0.398. The van der Waals surface area contributed by atoms with Gasteiger partial charge in [-0.15, -0.1) is 24.2 Å². The minimum Gasteiger partial charge on any atom is -0.285 e. The first-order chi connectivity index (χ1) is 5.63. The summed E-state index contributed by atoms with van der Waals surface area (Å²) in [6.45, 7) is 0. The van der Waals surface area contributed by atoms with Gasteiger partial charge in [-0.1, -0.05) is 29.8 Å². The average molecular weight is 221 g/mol. The van der Waals surface area contributed by atoms with Crippen LogP contribution in [0.3, 0.4) is 0 Å². The van der Waals surface area contributed by atoms with Crippen LogP contribution in [0.15, 0.2) is 24.3 Å². The highest BCUT2D eigenvalue weighted by Crippen LogP contribution is 2.28. The van der Waals surface area contributed by atoms with E-state index in [0.29, 0.717) is 10.6 Å². The topological polar surface area (TPSA) is 17.1 Å². The first-order valence-corrected chi connectivity index (χ1v) is 4.50. The predicted molar refractivity (Wildman–Crippen MR) is 54.0 cm³/mol. The lowest BCUT2D eigenvalue weighted by molar-refractivity contribution is -0.110. The van der Waals surface area contributed by atoms with Crippen molar-refractivity contribution in [2.75, 3.05) is 0 Å². The number of hydrogen-bond donors (Lipinski definition) is 1. The molecule has 4 heteroatoms. The van der Waals surface area contributed by atoms with E-state index in [-0.39, 0.29) is 0 Å². The lowest BCUT2D eigenvalue weighted by atomic mass is 10.2. The van der Waals surface area contributed by atoms with Crippen molar-refractivity contribution in [2.24, 2.45) is 0 Å². The summed E-state index contributed by atoms with van der Waals surface area (Å²) in [5.74, 6) is 0. The molecular weight excluding hydrogens is 215 g/mol. The van der Waals surface area contributed by atoms with Crippen molar-refractivity contribution in [1.82, 2.24) is 0 Å². The van der Waals surface area contributed by atoms with Gasteiger partial charge in [0.1, 0.15) is 5.38 Å². The summed E-state index contributed by atoms with van der Waals surface area (Å²) in [6.07, 6.45) is 0. The van der Waals surface area contributed by atoms with Crippen LogP contribution < -0.4 is 0 Å². The van der Waals surface area contributed by atoms with E-state index in [9.17, 15) is 4.79 Å². The van der Waals surface area contributed by atoms with Gasteiger partial charge in [-0.2, -0.15) is 0 Å². The second-order valence-corrected chi connectivity index (χ2v) is 3.51. The van der Waals surface area contributed by atoms with Crippen molar-refractivity contribution >= 4 is 40.9 Å². The van der Waals surface area contributed by atoms with Crippen LogP contribution in [0.2, 0.25) is 5.02 Å². The maximum atomic E-state index is 10.8. The Labute approximate surface area is 86.1 Å². The molecular formula is C8H6Cl2OS. The molecule has 1 unspecified atom stereocenters. The third-order valence-corrected chi connectivity index (χ3v) is 2.58. The number of carbonyl (C=O) groups excluding carboxylic acids is 1. The molecule has 0 bridgehead atoms. The smallest absolute Gasteiger partial charge is 0.208 e. The summed E-state index contributed by atoms with van der Waals surface area (Å²) < 4.78 is 0. The van der Waals surface area contributed by atoms with Crippen LogP contribution in [0.1, 0.15) is 10.9 Å². The molecule has 0 saturated carbocycles. The Morgan fingerprint density at radius 1 is 1.42 bits per heavy atom. The molecule has 0 aromatic heterocycles. The number of thiol groups is 1. The predicted octanol–water partition coefficient (Wildman–Crippen LogP) is 3.08. The largest absolute Gasteiger partial charge is 0.285 e. The van der Waals surface area contributed by atoms with Crippen LogP contribution >= 0.6 is 35.8 Å². The second-order valence-electron chi connectivity index (χ2n) is 2.22. The molecule has 64 valence electrons. The van der Waals surface area contributed by atoms with Crippen LogP contribution in [0.5, 0.6) is 0 Å². The van der Waals surface area contributed by atoms with Gasteiger partial charge < -0.3 is 0 Å². The van der Waals surface area contributed by atoms with Crippen LogP contribution in [0, 0.1) is 0 Å². The zero-order valence-corrected chi connectivity index (χ0v) is 8.40. The average Bonchev–Trinajstić information content (AvgIpc) is 2.04. The summed E-state index contributed by atoms with van der Waals surface area (Å²) in [5, 5.41) is -0.674. The maximum absolute atomic E-state index is 10.8. The number of rotatable bonds is 2. The van der Waals surface area contributed by atoms with E-state index in [1.807, 2.05) is 0 Å². The molecule has 0 aliphatic carbocycles. The van der Waals surface area contributed by atoms with Gasteiger partial charge in [-0.25, -0.2) is 0 Å². The van der Waals surface area contributed by atoms with Gasteiger partial charge in [-0.3, -0.25) is 4.79 Å². The minimum atomic E-state index is -0.762. The van der Waals surface area contributed by atoms with Gasteiger partial charge in [0, 0.05) is 5.02 Å². The van der Waals surface area contributed by atoms with E-state index in [4.69, 9.17) is 23.2 Å². The van der Waals surface area contributed by atoms with Crippen molar-refractivity contribution in [2.45, 2.75) is 5.38 Å². The van der Waals surface area contributed by atoms with Crippen LogP contribution in [0.25, 0.3) is 0 Å².